The van der Waals surface area contributed by atoms with E-state index in [2.05, 4.69) is 26.1 Å². The number of carbonyl (C=O) groups excluding carboxylic acids is 2. The number of ether oxygens (including phenoxy) is 2. The Morgan fingerprint density at radius 1 is 1.26 bits per heavy atom. The molecule has 0 spiro atoms. The highest BCUT2D eigenvalue weighted by molar-refractivity contribution is 5.95. The first-order valence-electron chi connectivity index (χ1n) is 8.31. The van der Waals surface area contributed by atoms with E-state index in [0.29, 0.717) is 35.3 Å². The van der Waals surface area contributed by atoms with E-state index in [1.165, 1.54) is 14.2 Å². The molecule has 0 aliphatic rings. The number of methoxy groups -OCH3 is 2. The van der Waals surface area contributed by atoms with Crippen LogP contribution in [-0.2, 0) is 9.53 Å². The van der Waals surface area contributed by atoms with E-state index in [4.69, 9.17) is 14.0 Å². The van der Waals surface area contributed by atoms with Crippen molar-refractivity contribution < 1.29 is 23.6 Å². The standard InChI is InChI=1S/C17H23N5O5/c1-5-12(16-18-10(2)22-27-16)21-17(24)19-11-6-7-14(26-4)13(8-11)20-15(23)9-25-3/h6-8,12H,5,9H2,1-4H3,(H,20,23)(H2,19,21,24). The lowest BCUT2D eigenvalue weighted by molar-refractivity contribution is -0.119. The largest absolute Gasteiger partial charge is 0.495 e. The highest BCUT2D eigenvalue weighted by Gasteiger charge is 2.19. The number of hydrogen-bond acceptors (Lipinski definition) is 7. The molecule has 1 aromatic carbocycles. The van der Waals surface area contributed by atoms with Gasteiger partial charge in [0.2, 0.25) is 11.8 Å². The molecule has 0 saturated carbocycles. The molecule has 0 saturated heterocycles. The third-order valence-electron chi connectivity index (χ3n) is 3.56. The third-order valence-corrected chi connectivity index (χ3v) is 3.56. The van der Waals surface area contributed by atoms with Crippen molar-refractivity contribution in [1.29, 1.82) is 0 Å². The van der Waals surface area contributed by atoms with Crippen LogP contribution in [-0.4, -0.2) is 42.9 Å². The van der Waals surface area contributed by atoms with Gasteiger partial charge in [0.1, 0.15) is 18.4 Å². The summed E-state index contributed by atoms with van der Waals surface area (Å²) in [7, 11) is 2.91. The summed E-state index contributed by atoms with van der Waals surface area (Å²) in [6, 6.07) is 4.02. The van der Waals surface area contributed by atoms with Gasteiger partial charge in [0.05, 0.1) is 12.8 Å². The molecule has 146 valence electrons. The van der Waals surface area contributed by atoms with Gasteiger partial charge in [0.25, 0.3) is 0 Å². The Balaban J connectivity index is 2.06. The monoisotopic (exact) mass is 377 g/mol. The molecule has 1 heterocycles. The molecule has 2 rings (SSSR count). The molecule has 0 radical (unpaired) electrons. The number of aryl methyl sites for hydroxylation is 1. The van der Waals surface area contributed by atoms with Crippen LogP contribution in [0.1, 0.15) is 31.1 Å². The summed E-state index contributed by atoms with van der Waals surface area (Å²) in [6.45, 7) is 3.50. The SMILES string of the molecule is CCC(NC(=O)Nc1ccc(OC)c(NC(=O)COC)c1)c1nc(C)no1. The van der Waals surface area contributed by atoms with E-state index in [-0.39, 0.29) is 12.5 Å². The zero-order chi connectivity index (χ0) is 19.8. The number of urea groups is 1. The van der Waals surface area contributed by atoms with E-state index in [1.807, 2.05) is 6.92 Å². The van der Waals surface area contributed by atoms with Gasteiger partial charge in [-0.1, -0.05) is 12.1 Å². The van der Waals surface area contributed by atoms with Crippen molar-refractivity contribution in [2.45, 2.75) is 26.3 Å². The number of aromatic nitrogens is 2. The van der Waals surface area contributed by atoms with Crippen LogP contribution in [0.25, 0.3) is 0 Å². The Labute approximate surface area is 156 Å². The number of hydrogen-bond donors (Lipinski definition) is 3. The Morgan fingerprint density at radius 3 is 2.63 bits per heavy atom. The van der Waals surface area contributed by atoms with Crippen LogP contribution >= 0.6 is 0 Å². The fraction of sp³-hybridized carbons (Fsp3) is 0.412. The number of nitrogens with one attached hydrogen (secondary N) is 3. The summed E-state index contributed by atoms with van der Waals surface area (Å²) >= 11 is 0. The zero-order valence-corrected chi connectivity index (χ0v) is 15.7. The predicted octanol–water partition coefficient (Wildman–Crippen LogP) is 2.24. The van der Waals surface area contributed by atoms with Gasteiger partial charge in [-0.3, -0.25) is 4.79 Å². The molecule has 3 N–H and O–H groups in total. The summed E-state index contributed by atoms with van der Waals surface area (Å²) in [5.74, 6) is 0.957. The molecule has 0 aliphatic carbocycles. The molecule has 10 heteroatoms. The van der Waals surface area contributed by atoms with Crippen molar-refractivity contribution in [2.75, 3.05) is 31.5 Å². The Bertz CT molecular complexity index is 792. The summed E-state index contributed by atoms with van der Waals surface area (Å²) in [4.78, 5) is 28.2. The molecular formula is C17H23N5O5. The van der Waals surface area contributed by atoms with Crippen LogP contribution in [0.3, 0.4) is 0 Å². The quantitative estimate of drug-likeness (QED) is 0.643. The summed E-state index contributed by atoms with van der Waals surface area (Å²) < 4.78 is 15.1. The normalized spacial score (nSPS) is 11.6. The van der Waals surface area contributed by atoms with Crippen molar-refractivity contribution in [3.8, 4) is 5.75 Å². The summed E-state index contributed by atoms with van der Waals surface area (Å²) in [5, 5.41) is 11.9. The highest BCUT2D eigenvalue weighted by Crippen LogP contribution is 2.28. The van der Waals surface area contributed by atoms with Gasteiger partial charge < -0.3 is 29.9 Å². The average molecular weight is 377 g/mol. The molecule has 2 aromatic rings. The van der Waals surface area contributed by atoms with Crippen molar-refractivity contribution >= 4 is 23.3 Å². The first kappa shape index (κ1) is 20.2. The molecule has 1 atom stereocenters. The summed E-state index contributed by atoms with van der Waals surface area (Å²) in [6.07, 6.45) is 0.579. The Hall–Kier alpha value is -3.14. The van der Waals surface area contributed by atoms with Crippen LogP contribution in [0.15, 0.2) is 22.7 Å². The number of rotatable bonds is 8. The van der Waals surface area contributed by atoms with Gasteiger partial charge in [0, 0.05) is 12.8 Å². The lowest BCUT2D eigenvalue weighted by atomic mass is 10.2. The van der Waals surface area contributed by atoms with Gasteiger partial charge in [-0.05, 0) is 31.5 Å². The third kappa shape index (κ3) is 5.68. The van der Waals surface area contributed by atoms with Crippen LogP contribution in [0.2, 0.25) is 0 Å². The lowest BCUT2D eigenvalue weighted by Crippen LogP contribution is -2.32. The lowest BCUT2D eigenvalue weighted by Gasteiger charge is -2.15. The number of benzene rings is 1. The molecule has 3 amide bonds. The van der Waals surface area contributed by atoms with Crippen LogP contribution in [0.5, 0.6) is 5.75 Å². The minimum Gasteiger partial charge on any atom is -0.495 e. The maximum atomic E-state index is 12.3. The molecule has 1 aromatic heterocycles. The van der Waals surface area contributed by atoms with Crippen molar-refractivity contribution in [3.63, 3.8) is 0 Å². The second-order valence-electron chi connectivity index (χ2n) is 5.64. The predicted molar refractivity (Wildman–Crippen MR) is 97.7 cm³/mol. The van der Waals surface area contributed by atoms with Crippen molar-refractivity contribution in [3.05, 3.63) is 29.9 Å². The number of nitrogens with zero attached hydrogens (tertiary/aromatic N) is 2. The van der Waals surface area contributed by atoms with Crippen molar-refractivity contribution in [2.24, 2.45) is 0 Å². The van der Waals surface area contributed by atoms with Crippen LogP contribution in [0, 0.1) is 6.92 Å². The summed E-state index contributed by atoms with van der Waals surface area (Å²) in [5.41, 5.74) is 0.884. The molecule has 0 fully saturated rings. The van der Waals surface area contributed by atoms with E-state index >= 15 is 0 Å². The molecule has 1 unspecified atom stereocenters. The smallest absolute Gasteiger partial charge is 0.319 e. The van der Waals surface area contributed by atoms with Gasteiger partial charge in [0.15, 0.2) is 5.82 Å². The maximum Gasteiger partial charge on any atom is 0.319 e. The van der Waals surface area contributed by atoms with Gasteiger partial charge in [-0.2, -0.15) is 4.98 Å². The highest BCUT2D eigenvalue weighted by atomic mass is 16.5. The van der Waals surface area contributed by atoms with Crippen molar-refractivity contribution in [1.82, 2.24) is 15.5 Å². The number of carbonyl (C=O) groups is 2. The first-order valence-corrected chi connectivity index (χ1v) is 8.31. The van der Waals surface area contributed by atoms with Gasteiger partial charge in [-0.15, -0.1) is 0 Å². The fourth-order valence-electron chi connectivity index (χ4n) is 2.32. The van der Waals surface area contributed by atoms with E-state index in [1.54, 1.807) is 25.1 Å². The second-order valence-corrected chi connectivity index (χ2v) is 5.64. The topological polar surface area (TPSA) is 128 Å². The minimum atomic E-state index is -0.447. The van der Waals surface area contributed by atoms with Gasteiger partial charge in [-0.25, -0.2) is 4.79 Å². The number of amides is 3. The molecule has 0 bridgehead atoms. The van der Waals surface area contributed by atoms with E-state index < -0.39 is 12.1 Å². The fourth-order valence-corrected chi connectivity index (χ4v) is 2.32. The Morgan fingerprint density at radius 2 is 2.04 bits per heavy atom. The van der Waals surface area contributed by atoms with Crippen LogP contribution < -0.4 is 20.7 Å². The minimum absolute atomic E-state index is 0.0942. The van der Waals surface area contributed by atoms with E-state index in [9.17, 15) is 9.59 Å². The molecular weight excluding hydrogens is 354 g/mol. The zero-order valence-electron chi connectivity index (χ0n) is 15.7. The average Bonchev–Trinajstić information content (AvgIpc) is 3.06. The number of anilines is 2. The molecule has 0 aliphatic heterocycles. The van der Waals surface area contributed by atoms with Gasteiger partial charge >= 0.3 is 6.03 Å². The maximum absolute atomic E-state index is 12.3. The Kier molecular flexibility index (Phi) is 7.12. The second kappa shape index (κ2) is 9.53. The first-order chi connectivity index (χ1) is 13.0. The van der Waals surface area contributed by atoms with E-state index in [0.717, 1.165) is 0 Å². The molecule has 10 nitrogen and oxygen atoms in total. The molecule has 27 heavy (non-hydrogen) atoms. The van der Waals surface area contributed by atoms with Crippen LogP contribution in [0.4, 0.5) is 16.2 Å².